The Balaban J connectivity index is 1.43. The Bertz CT molecular complexity index is 165. The van der Waals surface area contributed by atoms with Gasteiger partial charge in [0, 0.05) is 12.0 Å². The van der Waals surface area contributed by atoms with Gasteiger partial charge in [-0.3, -0.25) is 0 Å². The van der Waals surface area contributed by atoms with Crippen molar-refractivity contribution in [2.45, 2.75) is 43.6 Å². The lowest BCUT2D eigenvalue weighted by atomic mass is 9.85. The number of rotatable bonds is 5. The molecule has 1 N–H and O–H groups in total. The third-order valence-corrected chi connectivity index (χ3v) is 3.63. The Morgan fingerprint density at radius 2 is 2.21 bits per heavy atom. The first-order valence-corrected chi connectivity index (χ1v) is 6.24. The summed E-state index contributed by atoms with van der Waals surface area (Å²) >= 11 is 5.91. The van der Waals surface area contributed by atoms with E-state index in [1.54, 1.807) is 0 Å². The summed E-state index contributed by atoms with van der Waals surface area (Å²) in [5, 5.41) is 3.95. The predicted molar refractivity (Wildman–Crippen MR) is 58.8 cm³/mol. The normalized spacial score (nSPS) is 37.1. The van der Waals surface area contributed by atoms with Gasteiger partial charge in [-0.2, -0.15) is 0 Å². The van der Waals surface area contributed by atoms with Crippen LogP contribution in [-0.2, 0) is 4.74 Å². The maximum atomic E-state index is 5.91. The number of hydrogen-bond acceptors (Lipinski definition) is 2. The Labute approximate surface area is 91.3 Å². The van der Waals surface area contributed by atoms with Gasteiger partial charge in [0.15, 0.2) is 0 Å². The number of halogens is 1. The minimum Gasteiger partial charge on any atom is -0.378 e. The van der Waals surface area contributed by atoms with Crippen LogP contribution in [0.3, 0.4) is 0 Å². The first-order chi connectivity index (χ1) is 6.84. The molecule has 3 heteroatoms. The van der Waals surface area contributed by atoms with Crippen molar-refractivity contribution in [1.82, 2.24) is 5.32 Å². The van der Waals surface area contributed by atoms with Gasteiger partial charge in [-0.15, -0.1) is 11.6 Å². The summed E-state index contributed by atoms with van der Waals surface area (Å²) in [5.41, 5.74) is 0. The zero-order valence-corrected chi connectivity index (χ0v) is 9.43. The van der Waals surface area contributed by atoms with Crippen LogP contribution >= 0.6 is 11.6 Å². The molecule has 0 radical (unpaired) electrons. The molecular weight excluding hydrogens is 198 g/mol. The summed E-state index contributed by atoms with van der Waals surface area (Å²) in [4.78, 5) is 0. The molecule has 1 saturated heterocycles. The highest BCUT2D eigenvalue weighted by Gasteiger charge is 2.26. The van der Waals surface area contributed by atoms with E-state index in [1.165, 1.54) is 32.1 Å². The second-order valence-corrected chi connectivity index (χ2v) is 5.18. The van der Waals surface area contributed by atoms with Crippen LogP contribution in [0, 0.1) is 5.92 Å². The fourth-order valence-corrected chi connectivity index (χ4v) is 2.77. The monoisotopic (exact) mass is 217 g/mol. The van der Waals surface area contributed by atoms with Gasteiger partial charge >= 0.3 is 0 Å². The van der Waals surface area contributed by atoms with Gasteiger partial charge in [0.25, 0.3) is 0 Å². The van der Waals surface area contributed by atoms with Crippen LogP contribution in [0.1, 0.15) is 32.1 Å². The van der Waals surface area contributed by atoms with E-state index in [9.17, 15) is 0 Å². The molecule has 0 bridgehead atoms. The number of hydrogen-bond donors (Lipinski definition) is 1. The standard InChI is InChI=1S/C11H20ClNO/c12-10-6-9(7-10)8-13-4-3-11-2-1-5-14-11/h9-11,13H,1-8H2. The van der Waals surface area contributed by atoms with Crippen molar-refractivity contribution >= 4 is 11.6 Å². The molecule has 1 saturated carbocycles. The molecule has 1 aliphatic heterocycles. The maximum Gasteiger partial charge on any atom is 0.0588 e. The molecule has 2 fully saturated rings. The summed E-state index contributed by atoms with van der Waals surface area (Å²) in [6.45, 7) is 3.23. The van der Waals surface area contributed by atoms with Crippen LogP contribution in [0.4, 0.5) is 0 Å². The molecule has 1 unspecified atom stereocenters. The smallest absolute Gasteiger partial charge is 0.0588 e. The molecular formula is C11H20ClNO. The number of nitrogens with one attached hydrogen (secondary N) is 1. The van der Waals surface area contributed by atoms with E-state index in [4.69, 9.17) is 16.3 Å². The van der Waals surface area contributed by atoms with Crippen LogP contribution in [0.15, 0.2) is 0 Å². The maximum absolute atomic E-state index is 5.91. The predicted octanol–water partition coefficient (Wildman–Crippen LogP) is 2.16. The summed E-state index contributed by atoms with van der Waals surface area (Å²) < 4.78 is 5.56. The van der Waals surface area contributed by atoms with Crippen molar-refractivity contribution in [2.24, 2.45) is 5.92 Å². The molecule has 14 heavy (non-hydrogen) atoms. The lowest BCUT2D eigenvalue weighted by Crippen LogP contribution is -2.34. The average molecular weight is 218 g/mol. The second kappa shape index (κ2) is 5.34. The summed E-state index contributed by atoms with van der Waals surface area (Å²) in [6, 6.07) is 0. The molecule has 0 amide bonds. The minimum absolute atomic E-state index is 0.458. The molecule has 0 aromatic heterocycles. The first-order valence-electron chi connectivity index (χ1n) is 5.81. The second-order valence-electron chi connectivity index (χ2n) is 4.56. The van der Waals surface area contributed by atoms with E-state index in [2.05, 4.69) is 5.32 Å². The lowest BCUT2D eigenvalue weighted by molar-refractivity contribution is 0.103. The van der Waals surface area contributed by atoms with Crippen molar-refractivity contribution in [3.8, 4) is 0 Å². The average Bonchev–Trinajstić information content (AvgIpc) is 2.61. The van der Waals surface area contributed by atoms with Crippen molar-refractivity contribution in [2.75, 3.05) is 19.7 Å². The molecule has 0 aromatic carbocycles. The molecule has 1 atom stereocenters. The Hall–Kier alpha value is 0.210. The van der Waals surface area contributed by atoms with Gasteiger partial charge in [-0.05, 0) is 51.1 Å². The Morgan fingerprint density at radius 3 is 2.86 bits per heavy atom. The molecule has 0 spiro atoms. The van der Waals surface area contributed by atoms with Gasteiger partial charge in [0.1, 0.15) is 0 Å². The highest BCUT2D eigenvalue weighted by atomic mass is 35.5. The first kappa shape index (κ1) is 10.7. The SMILES string of the molecule is ClC1CC(CNCCC2CCCO2)C1. The summed E-state index contributed by atoms with van der Waals surface area (Å²) in [6.07, 6.45) is 6.63. The molecule has 2 rings (SSSR count). The zero-order chi connectivity index (χ0) is 9.80. The molecule has 82 valence electrons. The van der Waals surface area contributed by atoms with E-state index in [0.717, 1.165) is 25.6 Å². The zero-order valence-electron chi connectivity index (χ0n) is 8.68. The lowest BCUT2D eigenvalue weighted by Gasteiger charge is -2.31. The Morgan fingerprint density at radius 1 is 1.36 bits per heavy atom. The topological polar surface area (TPSA) is 21.3 Å². The quantitative estimate of drug-likeness (QED) is 0.563. The highest BCUT2D eigenvalue weighted by Crippen LogP contribution is 2.31. The van der Waals surface area contributed by atoms with Crippen LogP contribution in [0.25, 0.3) is 0 Å². The van der Waals surface area contributed by atoms with Crippen molar-refractivity contribution in [3.05, 3.63) is 0 Å². The van der Waals surface area contributed by atoms with Crippen LogP contribution < -0.4 is 5.32 Å². The molecule has 1 heterocycles. The van der Waals surface area contributed by atoms with Crippen LogP contribution in [0.2, 0.25) is 0 Å². The fraction of sp³-hybridized carbons (Fsp3) is 1.00. The minimum atomic E-state index is 0.458. The van der Waals surface area contributed by atoms with Gasteiger partial charge in [-0.25, -0.2) is 0 Å². The third-order valence-electron chi connectivity index (χ3n) is 3.28. The van der Waals surface area contributed by atoms with Crippen molar-refractivity contribution in [3.63, 3.8) is 0 Å². The van der Waals surface area contributed by atoms with E-state index in [-0.39, 0.29) is 0 Å². The van der Waals surface area contributed by atoms with E-state index in [1.807, 2.05) is 0 Å². The van der Waals surface area contributed by atoms with E-state index < -0.39 is 0 Å². The van der Waals surface area contributed by atoms with Crippen LogP contribution in [-0.4, -0.2) is 31.2 Å². The van der Waals surface area contributed by atoms with Crippen molar-refractivity contribution < 1.29 is 4.74 Å². The van der Waals surface area contributed by atoms with Crippen molar-refractivity contribution in [1.29, 1.82) is 0 Å². The molecule has 0 aromatic rings. The summed E-state index contributed by atoms with van der Waals surface area (Å²) in [7, 11) is 0. The van der Waals surface area contributed by atoms with Gasteiger partial charge in [0.05, 0.1) is 6.10 Å². The van der Waals surface area contributed by atoms with Gasteiger partial charge in [-0.1, -0.05) is 0 Å². The summed E-state index contributed by atoms with van der Waals surface area (Å²) in [5.74, 6) is 0.835. The van der Waals surface area contributed by atoms with Gasteiger partial charge < -0.3 is 10.1 Å². The fourth-order valence-electron chi connectivity index (χ4n) is 2.26. The van der Waals surface area contributed by atoms with E-state index in [0.29, 0.717) is 11.5 Å². The van der Waals surface area contributed by atoms with E-state index >= 15 is 0 Å². The molecule has 2 aliphatic rings. The van der Waals surface area contributed by atoms with Gasteiger partial charge in [0.2, 0.25) is 0 Å². The number of alkyl halides is 1. The molecule has 2 nitrogen and oxygen atoms in total. The van der Waals surface area contributed by atoms with Crippen LogP contribution in [0.5, 0.6) is 0 Å². The number of ether oxygens (including phenoxy) is 1. The highest BCUT2D eigenvalue weighted by molar-refractivity contribution is 6.21. The Kier molecular flexibility index (Phi) is 4.09. The largest absolute Gasteiger partial charge is 0.378 e. The third kappa shape index (κ3) is 3.11. The molecule has 1 aliphatic carbocycles.